The fraction of sp³-hybridized carbons (Fsp3) is 0.167. The number of fused-ring (bicyclic) bond motifs is 1. The van der Waals surface area contributed by atoms with Gasteiger partial charge in [-0.25, -0.2) is 22.0 Å². The number of nitrogens with one attached hydrogen (secondary N) is 1. The molecule has 35 heavy (non-hydrogen) atoms. The molecule has 4 rings (SSSR count). The second-order valence-electron chi connectivity index (χ2n) is 7.43. The van der Waals surface area contributed by atoms with Crippen molar-refractivity contribution in [2.45, 2.75) is 11.8 Å². The average Bonchev–Trinajstić information content (AvgIpc) is 2.83. The van der Waals surface area contributed by atoms with E-state index in [4.69, 9.17) is 9.47 Å². The fourth-order valence-electron chi connectivity index (χ4n) is 3.51. The van der Waals surface area contributed by atoms with Crippen molar-refractivity contribution in [3.63, 3.8) is 0 Å². The predicted octanol–water partition coefficient (Wildman–Crippen LogP) is 3.98. The summed E-state index contributed by atoms with van der Waals surface area (Å²) in [6.45, 7) is 1.71. The van der Waals surface area contributed by atoms with Crippen molar-refractivity contribution in [3.8, 4) is 5.75 Å². The van der Waals surface area contributed by atoms with Crippen molar-refractivity contribution in [3.05, 3.63) is 83.4 Å². The van der Waals surface area contributed by atoms with Gasteiger partial charge in [-0.3, -0.25) is 9.10 Å². The van der Waals surface area contributed by atoms with Gasteiger partial charge in [-0.2, -0.15) is 0 Å². The summed E-state index contributed by atoms with van der Waals surface area (Å²) in [5.41, 5.74) is -0.00620. The molecule has 1 aliphatic heterocycles. The summed E-state index contributed by atoms with van der Waals surface area (Å²) < 4.78 is 65.7. The number of amides is 1. The zero-order valence-corrected chi connectivity index (χ0v) is 19.3. The Bertz CT molecular complexity index is 1410. The maximum Gasteiger partial charge on any atom is 0.341 e. The number of hydrogen-bond acceptors (Lipinski definition) is 6. The Morgan fingerprint density at radius 2 is 1.89 bits per heavy atom. The van der Waals surface area contributed by atoms with Gasteiger partial charge in [-0.05, 0) is 61.5 Å². The number of sulfonamides is 1. The molecular weight excluding hydrogens is 482 g/mol. The molecule has 3 aromatic rings. The molecule has 182 valence electrons. The SMILES string of the molecule is CCOC(=O)c1ccc(NC(=O)c2ccc3c(c2)N(S(=O)(=O)c2cccc(F)c2)CCO3)cc1F. The van der Waals surface area contributed by atoms with Crippen LogP contribution < -0.4 is 14.4 Å². The van der Waals surface area contributed by atoms with E-state index in [1.165, 1.54) is 42.5 Å². The number of ether oxygens (including phenoxy) is 2. The Kier molecular flexibility index (Phi) is 6.70. The van der Waals surface area contributed by atoms with Crippen molar-refractivity contribution in [1.29, 1.82) is 0 Å². The van der Waals surface area contributed by atoms with Crippen molar-refractivity contribution in [2.24, 2.45) is 0 Å². The summed E-state index contributed by atoms with van der Waals surface area (Å²) >= 11 is 0. The highest BCUT2D eigenvalue weighted by atomic mass is 32.2. The minimum absolute atomic E-state index is 0.0442. The predicted molar refractivity (Wildman–Crippen MR) is 123 cm³/mol. The van der Waals surface area contributed by atoms with E-state index < -0.39 is 33.5 Å². The zero-order valence-electron chi connectivity index (χ0n) is 18.5. The highest BCUT2D eigenvalue weighted by molar-refractivity contribution is 7.92. The molecule has 0 atom stereocenters. The van der Waals surface area contributed by atoms with Crippen LogP contribution in [-0.4, -0.2) is 40.1 Å². The quantitative estimate of drug-likeness (QED) is 0.512. The van der Waals surface area contributed by atoms with Crippen LogP contribution in [0.3, 0.4) is 0 Å². The maximum atomic E-state index is 14.3. The molecule has 0 aliphatic carbocycles. The van der Waals surface area contributed by atoms with Gasteiger partial charge in [0.1, 0.15) is 24.0 Å². The van der Waals surface area contributed by atoms with Crippen molar-refractivity contribution in [2.75, 3.05) is 29.4 Å². The van der Waals surface area contributed by atoms with Gasteiger partial charge in [0, 0.05) is 11.3 Å². The zero-order chi connectivity index (χ0) is 25.2. The minimum Gasteiger partial charge on any atom is -0.489 e. The lowest BCUT2D eigenvalue weighted by Crippen LogP contribution is -2.38. The van der Waals surface area contributed by atoms with Crippen LogP contribution in [0.2, 0.25) is 0 Å². The van der Waals surface area contributed by atoms with Crippen LogP contribution in [0.1, 0.15) is 27.6 Å². The van der Waals surface area contributed by atoms with Crippen molar-refractivity contribution in [1.82, 2.24) is 0 Å². The normalized spacial score (nSPS) is 12.9. The Balaban J connectivity index is 1.61. The molecule has 0 spiro atoms. The Morgan fingerprint density at radius 1 is 1.09 bits per heavy atom. The number of nitrogens with zero attached hydrogens (tertiary/aromatic N) is 1. The lowest BCUT2D eigenvalue weighted by atomic mass is 10.1. The van der Waals surface area contributed by atoms with E-state index in [9.17, 15) is 26.8 Å². The molecule has 0 radical (unpaired) electrons. The Morgan fingerprint density at radius 3 is 2.60 bits per heavy atom. The Labute approximate surface area is 200 Å². The van der Waals surface area contributed by atoms with E-state index in [1.54, 1.807) is 6.92 Å². The van der Waals surface area contributed by atoms with Crippen LogP contribution in [-0.2, 0) is 14.8 Å². The number of halogens is 2. The molecule has 0 saturated heterocycles. The topological polar surface area (TPSA) is 102 Å². The van der Waals surface area contributed by atoms with Gasteiger partial charge in [0.05, 0.1) is 29.3 Å². The third-order valence-corrected chi connectivity index (χ3v) is 6.96. The van der Waals surface area contributed by atoms with E-state index in [0.29, 0.717) is 0 Å². The summed E-state index contributed by atoms with van der Waals surface area (Å²) in [7, 11) is -4.13. The number of rotatable bonds is 6. The van der Waals surface area contributed by atoms with Crippen molar-refractivity contribution >= 4 is 33.3 Å². The van der Waals surface area contributed by atoms with Crippen molar-refractivity contribution < 1.29 is 36.3 Å². The fourth-order valence-corrected chi connectivity index (χ4v) is 4.99. The highest BCUT2D eigenvalue weighted by Gasteiger charge is 2.31. The number of hydrogen-bond donors (Lipinski definition) is 1. The van der Waals surface area contributed by atoms with E-state index in [0.717, 1.165) is 22.5 Å². The van der Waals surface area contributed by atoms with E-state index >= 15 is 0 Å². The van der Waals surface area contributed by atoms with Gasteiger partial charge in [0.25, 0.3) is 15.9 Å². The lowest BCUT2D eigenvalue weighted by Gasteiger charge is -2.30. The van der Waals surface area contributed by atoms with Gasteiger partial charge in [-0.1, -0.05) is 6.07 Å². The van der Waals surface area contributed by atoms with Gasteiger partial charge in [0.2, 0.25) is 0 Å². The number of anilines is 2. The molecule has 0 aromatic heterocycles. The van der Waals surface area contributed by atoms with Crippen LogP contribution in [0, 0.1) is 11.6 Å². The minimum atomic E-state index is -4.13. The molecule has 1 amide bonds. The molecule has 8 nitrogen and oxygen atoms in total. The molecule has 0 saturated carbocycles. The van der Waals surface area contributed by atoms with E-state index in [-0.39, 0.29) is 52.9 Å². The van der Waals surface area contributed by atoms with E-state index in [1.807, 2.05) is 0 Å². The first kappa shape index (κ1) is 24.1. The van der Waals surface area contributed by atoms with Gasteiger partial charge in [-0.15, -0.1) is 0 Å². The van der Waals surface area contributed by atoms with Crippen LogP contribution in [0.4, 0.5) is 20.2 Å². The molecule has 11 heteroatoms. The second kappa shape index (κ2) is 9.71. The largest absolute Gasteiger partial charge is 0.489 e. The molecule has 0 fully saturated rings. The molecule has 1 aliphatic rings. The summed E-state index contributed by atoms with van der Waals surface area (Å²) in [4.78, 5) is 24.3. The third kappa shape index (κ3) is 4.94. The highest BCUT2D eigenvalue weighted by Crippen LogP contribution is 2.36. The summed E-state index contributed by atoms with van der Waals surface area (Å²) in [6, 6.07) is 12.3. The van der Waals surface area contributed by atoms with E-state index in [2.05, 4.69) is 5.32 Å². The van der Waals surface area contributed by atoms with Crippen LogP contribution in [0.25, 0.3) is 0 Å². The summed E-state index contributed by atoms with van der Waals surface area (Å²) in [5.74, 6) is -2.80. The maximum absolute atomic E-state index is 14.3. The molecule has 0 unspecified atom stereocenters. The molecule has 1 heterocycles. The van der Waals surface area contributed by atoms with Gasteiger partial charge in [0.15, 0.2) is 0 Å². The summed E-state index contributed by atoms with van der Waals surface area (Å²) in [5, 5.41) is 2.51. The van der Waals surface area contributed by atoms with Crippen LogP contribution in [0.15, 0.2) is 65.6 Å². The number of carbonyl (C=O) groups is 2. The van der Waals surface area contributed by atoms with Gasteiger partial charge < -0.3 is 14.8 Å². The standard InChI is InChI=1S/C24H20F2N2O6S/c1-2-33-24(30)19-8-7-17(14-20(19)26)27-23(29)15-6-9-22-21(12-15)28(10-11-34-22)35(31,32)18-5-3-4-16(25)13-18/h3-9,12-14H,2,10-11H2,1H3,(H,27,29). The third-order valence-electron chi connectivity index (χ3n) is 5.15. The summed E-state index contributed by atoms with van der Waals surface area (Å²) in [6.07, 6.45) is 0. The monoisotopic (exact) mass is 502 g/mol. The smallest absolute Gasteiger partial charge is 0.341 e. The average molecular weight is 502 g/mol. The first-order valence-electron chi connectivity index (χ1n) is 10.5. The lowest BCUT2D eigenvalue weighted by molar-refractivity contribution is 0.0521. The number of benzene rings is 3. The first-order chi connectivity index (χ1) is 16.7. The number of esters is 1. The molecular formula is C24H20F2N2O6S. The molecule has 0 bridgehead atoms. The second-order valence-corrected chi connectivity index (χ2v) is 9.30. The molecule has 3 aromatic carbocycles. The number of carbonyl (C=O) groups excluding carboxylic acids is 2. The van der Waals surface area contributed by atoms with Crippen LogP contribution >= 0.6 is 0 Å². The van der Waals surface area contributed by atoms with Gasteiger partial charge >= 0.3 is 5.97 Å². The Hall–Kier alpha value is -3.99. The van der Waals surface area contributed by atoms with Crippen LogP contribution in [0.5, 0.6) is 5.75 Å². The first-order valence-corrected chi connectivity index (χ1v) is 12.0. The molecule has 1 N–H and O–H groups in total.